The fourth-order valence-corrected chi connectivity index (χ4v) is 3.76. The van der Waals surface area contributed by atoms with E-state index in [1.807, 2.05) is 24.3 Å². The number of nitrogens with one attached hydrogen (secondary N) is 1. The molecule has 2 aromatic carbocycles. The number of aliphatic carboxylic acids is 1. The molecule has 0 aliphatic rings. The molecule has 2 aromatic heterocycles. The molecule has 0 saturated carbocycles. The first-order valence-corrected chi connectivity index (χ1v) is 9.80. The molecule has 2 heterocycles. The second-order valence-corrected chi connectivity index (χ2v) is 7.85. The van der Waals surface area contributed by atoms with Gasteiger partial charge >= 0.3 is 5.97 Å². The normalized spacial score (nSPS) is 11.3. The van der Waals surface area contributed by atoms with E-state index in [2.05, 4.69) is 31.0 Å². The number of rotatable bonds is 5. The zero-order chi connectivity index (χ0) is 20.7. The molecular weight excluding hydrogens is 439 g/mol. The number of aryl methyl sites for hydroxylation is 1. The highest BCUT2D eigenvalue weighted by Crippen LogP contribution is 2.25. The van der Waals surface area contributed by atoms with Gasteiger partial charge in [-0.15, -0.1) is 0 Å². The summed E-state index contributed by atoms with van der Waals surface area (Å²) in [6.07, 6.45) is -0.0960. The summed E-state index contributed by atoms with van der Waals surface area (Å²) in [5.74, 6) is -0.681. The number of fused-ring (bicyclic) bond motifs is 1. The van der Waals surface area contributed by atoms with Crippen LogP contribution in [0.4, 0.5) is 4.39 Å². The van der Waals surface area contributed by atoms with Gasteiger partial charge in [-0.2, -0.15) is 5.10 Å². The minimum absolute atomic E-state index is 0.0960. The molecule has 148 valence electrons. The quantitative estimate of drug-likeness (QED) is 0.458. The van der Waals surface area contributed by atoms with E-state index in [9.17, 15) is 9.18 Å². The largest absolute Gasteiger partial charge is 0.481 e. The van der Waals surface area contributed by atoms with E-state index in [1.54, 1.807) is 24.6 Å². The Balaban J connectivity index is 1.63. The lowest BCUT2D eigenvalue weighted by Gasteiger charge is -2.08. The molecule has 0 spiro atoms. The summed E-state index contributed by atoms with van der Waals surface area (Å²) in [7, 11) is 0. The average Bonchev–Trinajstić information content (AvgIpc) is 3.19. The van der Waals surface area contributed by atoms with Gasteiger partial charge in [-0.1, -0.05) is 28.1 Å². The van der Waals surface area contributed by atoms with E-state index < -0.39 is 5.97 Å². The number of aromatic nitrogens is 4. The van der Waals surface area contributed by atoms with Crippen molar-refractivity contribution in [2.75, 3.05) is 0 Å². The number of hydrogen-bond donors (Lipinski definition) is 2. The molecule has 0 saturated heterocycles. The molecule has 0 radical (unpaired) electrons. The van der Waals surface area contributed by atoms with Crippen molar-refractivity contribution in [2.45, 2.75) is 26.8 Å². The molecular formula is C21H18BrFN4O2. The van der Waals surface area contributed by atoms with Crippen molar-refractivity contribution >= 4 is 32.9 Å². The van der Waals surface area contributed by atoms with Gasteiger partial charge in [0.2, 0.25) is 0 Å². The number of H-pyrrole nitrogens is 1. The Morgan fingerprint density at radius 3 is 2.76 bits per heavy atom. The Labute approximate surface area is 174 Å². The van der Waals surface area contributed by atoms with Crippen molar-refractivity contribution in [1.29, 1.82) is 0 Å². The van der Waals surface area contributed by atoms with Crippen LogP contribution in [0.15, 0.2) is 40.9 Å². The highest BCUT2D eigenvalue weighted by Gasteiger charge is 2.16. The van der Waals surface area contributed by atoms with Gasteiger partial charge in [0.1, 0.15) is 11.6 Å². The van der Waals surface area contributed by atoms with Gasteiger partial charge in [0.15, 0.2) is 0 Å². The number of imidazole rings is 1. The topological polar surface area (TPSA) is 83.8 Å². The molecule has 0 aliphatic heterocycles. The van der Waals surface area contributed by atoms with E-state index in [4.69, 9.17) is 5.11 Å². The van der Waals surface area contributed by atoms with E-state index in [-0.39, 0.29) is 18.8 Å². The van der Waals surface area contributed by atoms with Gasteiger partial charge < -0.3 is 10.1 Å². The van der Waals surface area contributed by atoms with Crippen molar-refractivity contribution in [2.24, 2.45) is 0 Å². The molecule has 0 amide bonds. The molecule has 4 aromatic rings. The van der Waals surface area contributed by atoms with Crippen LogP contribution in [0.5, 0.6) is 0 Å². The van der Waals surface area contributed by atoms with Crippen LogP contribution in [-0.4, -0.2) is 30.8 Å². The standard InChI is InChI=1S/C21H18BrFN4O2/c1-11-16(9-20(28)29)12(2)27(26-11)10-14-4-3-13(7-17(14)23)21-24-18-6-5-15(22)8-19(18)25-21/h3-8H,9-10H2,1-2H3,(H,24,25)(H,28,29). The molecule has 8 heteroatoms. The average molecular weight is 457 g/mol. The minimum Gasteiger partial charge on any atom is -0.481 e. The van der Waals surface area contributed by atoms with Crippen LogP contribution in [0.3, 0.4) is 0 Å². The van der Waals surface area contributed by atoms with Gasteiger partial charge in [-0.05, 0) is 38.1 Å². The van der Waals surface area contributed by atoms with Crippen LogP contribution < -0.4 is 0 Å². The summed E-state index contributed by atoms with van der Waals surface area (Å²) < 4.78 is 17.4. The van der Waals surface area contributed by atoms with Crippen LogP contribution in [-0.2, 0) is 17.8 Å². The lowest BCUT2D eigenvalue weighted by atomic mass is 10.1. The number of halogens is 2. The minimum atomic E-state index is -0.913. The zero-order valence-corrected chi connectivity index (χ0v) is 17.4. The fourth-order valence-electron chi connectivity index (χ4n) is 3.40. The first-order valence-electron chi connectivity index (χ1n) is 9.00. The molecule has 0 unspecified atom stereocenters. The summed E-state index contributed by atoms with van der Waals surface area (Å²) >= 11 is 3.43. The predicted molar refractivity (Wildman–Crippen MR) is 111 cm³/mol. The molecule has 4 rings (SSSR count). The molecule has 2 N–H and O–H groups in total. The van der Waals surface area contributed by atoms with Crippen LogP contribution in [0.25, 0.3) is 22.4 Å². The summed E-state index contributed by atoms with van der Waals surface area (Å²) in [6.45, 7) is 3.80. The van der Waals surface area contributed by atoms with Gasteiger partial charge in [0, 0.05) is 26.9 Å². The molecule has 0 aliphatic carbocycles. The Hall–Kier alpha value is -3.00. The highest BCUT2D eigenvalue weighted by atomic mass is 79.9. The Morgan fingerprint density at radius 2 is 2.03 bits per heavy atom. The second-order valence-electron chi connectivity index (χ2n) is 6.93. The van der Waals surface area contributed by atoms with Crippen LogP contribution >= 0.6 is 15.9 Å². The SMILES string of the molecule is Cc1nn(Cc2ccc(-c3nc4ccc(Br)cc4[nH]3)cc2F)c(C)c1CC(=O)O. The van der Waals surface area contributed by atoms with Crippen molar-refractivity contribution in [1.82, 2.24) is 19.7 Å². The summed E-state index contributed by atoms with van der Waals surface area (Å²) in [6, 6.07) is 10.7. The molecule has 0 fully saturated rings. The number of hydrogen-bond acceptors (Lipinski definition) is 3. The lowest BCUT2D eigenvalue weighted by Crippen LogP contribution is -2.07. The van der Waals surface area contributed by atoms with Crippen LogP contribution in [0.1, 0.15) is 22.5 Å². The maximum Gasteiger partial charge on any atom is 0.307 e. The van der Waals surface area contributed by atoms with Gasteiger partial charge in [-0.3, -0.25) is 9.48 Å². The number of carboxylic acids is 1. The fraction of sp³-hybridized carbons (Fsp3) is 0.190. The number of carboxylic acid groups (broad SMARTS) is 1. The third kappa shape index (κ3) is 3.80. The number of nitrogens with zero attached hydrogens (tertiary/aromatic N) is 3. The maximum atomic E-state index is 14.8. The van der Waals surface area contributed by atoms with E-state index in [0.29, 0.717) is 28.2 Å². The Bertz CT molecular complexity index is 1250. The van der Waals surface area contributed by atoms with Crippen LogP contribution in [0, 0.1) is 19.7 Å². The van der Waals surface area contributed by atoms with E-state index >= 15 is 0 Å². The summed E-state index contributed by atoms with van der Waals surface area (Å²) in [4.78, 5) is 18.8. The number of benzene rings is 2. The first-order chi connectivity index (χ1) is 13.8. The van der Waals surface area contributed by atoms with Gasteiger partial charge in [0.25, 0.3) is 0 Å². The molecule has 0 atom stereocenters. The predicted octanol–water partition coefficient (Wildman–Crippen LogP) is 4.62. The van der Waals surface area contributed by atoms with Crippen LogP contribution in [0.2, 0.25) is 0 Å². The summed E-state index contributed by atoms with van der Waals surface area (Å²) in [5, 5.41) is 13.4. The van der Waals surface area contributed by atoms with Crippen molar-refractivity contribution in [3.05, 3.63) is 69.2 Å². The first kappa shape index (κ1) is 19.3. The van der Waals surface area contributed by atoms with Crippen molar-refractivity contribution < 1.29 is 14.3 Å². The zero-order valence-electron chi connectivity index (χ0n) is 15.8. The van der Waals surface area contributed by atoms with E-state index in [1.165, 1.54) is 6.07 Å². The molecule has 29 heavy (non-hydrogen) atoms. The Kier molecular flexibility index (Phi) is 4.96. The Morgan fingerprint density at radius 1 is 1.24 bits per heavy atom. The lowest BCUT2D eigenvalue weighted by molar-refractivity contribution is -0.136. The number of carbonyl (C=O) groups is 1. The van der Waals surface area contributed by atoms with Crippen molar-refractivity contribution in [3.8, 4) is 11.4 Å². The number of aromatic amines is 1. The molecule has 0 bridgehead atoms. The third-order valence-electron chi connectivity index (χ3n) is 4.95. The highest BCUT2D eigenvalue weighted by molar-refractivity contribution is 9.10. The monoisotopic (exact) mass is 456 g/mol. The smallest absolute Gasteiger partial charge is 0.307 e. The second kappa shape index (κ2) is 7.44. The van der Waals surface area contributed by atoms with Gasteiger partial charge in [0.05, 0.1) is 29.7 Å². The van der Waals surface area contributed by atoms with E-state index in [0.717, 1.165) is 21.2 Å². The third-order valence-corrected chi connectivity index (χ3v) is 5.44. The maximum absolute atomic E-state index is 14.8. The summed E-state index contributed by atoms with van der Waals surface area (Å²) in [5.41, 5.74) is 4.85. The molecule has 6 nitrogen and oxygen atoms in total. The van der Waals surface area contributed by atoms with Gasteiger partial charge in [-0.25, -0.2) is 9.37 Å². The van der Waals surface area contributed by atoms with Crippen molar-refractivity contribution in [3.63, 3.8) is 0 Å².